The maximum atomic E-state index is 9.05. The van der Waals surface area contributed by atoms with Crippen molar-refractivity contribution < 1.29 is 5.21 Å². The van der Waals surface area contributed by atoms with Gasteiger partial charge in [-0.2, -0.15) is 0 Å². The summed E-state index contributed by atoms with van der Waals surface area (Å²) in [5.74, 6) is 0.465. The molecular formula is C11H15NOS. The molecule has 0 radical (unpaired) electrons. The number of nitrogens with zero attached hydrogens (tertiary/aromatic N) is 1. The minimum absolute atomic E-state index is 0.465. The first-order valence-corrected chi connectivity index (χ1v) is 6.03. The van der Waals surface area contributed by atoms with Gasteiger partial charge in [0.25, 0.3) is 0 Å². The summed E-state index contributed by atoms with van der Waals surface area (Å²) in [5, 5.41) is 14.6. The standard InChI is InChI=1S/C11H15NOS/c1-2-3-8-4-5-10-9(6-7-14-10)11(8)12-13/h6-8,13H,2-5H2,1H3/b12-11-. The molecule has 1 aromatic rings. The molecule has 76 valence electrons. The maximum Gasteiger partial charge on any atom is 0.0909 e. The third-order valence-electron chi connectivity index (χ3n) is 2.87. The summed E-state index contributed by atoms with van der Waals surface area (Å²) in [7, 11) is 0. The van der Waals surface area contributed by atoms with Gasteiger partial charge in [-0.15, -0.1) is 11.3 Å². The number of fused-ring (bicyclic) bond motifs is 1. The van der Waals surface area contributed by atoms with Crippen molar-refractivity contribution in [3.8, 4) is 0 Å². The molecule has 2 rings (SSSR count). The van der Waals surface area contributed by atoms with Gasteiger partial charge >= 0.3 is 0 Å². The molecule has 0 saturated heterocycles. The first-order chi connectivity index (χ1) is 6.86. The third-order valence-corrected chi connectivity index (χ3v) is 3.85. The second kappa shape index (κ2) is 4.13. The fourth-order valence-corrected chi connectivity index (χ4v) is 3.09. The van der Waals surface area contributed by atoms with E-state index >= 15 is 0 Å². The van der Waals surface area contributed by atoms with Crippen molar-refractivity contribution in [1.82, 2.24) is 0 Å². The van der Waals surface area contributed by atoms with Gasteiger partial charge in [-0.25, -0.2) is 0 Å². The van der Waals surface area contributed by atoms with E-state index in [0.29, 0.717) is 5.92 Å². The Morgan fingerprint density at radius 2 is 2.50 bits per heavy atom. The highest BCUT2D eigenvalue weighted by Crippen LogP contribution is 2.32. The lowest BCUT2D eigenvalue weighted by Gasteiger charge is -2.22. The van der Waals surface area contributed by atoms with Crippen molar-refractivity contribution in [3.63, 3.8) is 0 Å². The van der Waals surface area contributed by atoms with Crippen LogP contribution in [0.4, 0.5) is 0 Å². The minimum atomic E-state index is 0.465. The van der Waals surface area contributed by atoms with Gasteiger partial charge in [0, 0.05) is 16.4 Å². The lowest BCUT2D eigenvalue weighted by atomic mass is 9.84. The largest absolute Gasteiger partial charge is 0.411 e. The van der Waals surface area contributed by atoms with Crippen molar-refractivity contribution in [2.24, 2.45) is 11.1 Å². The van der Waals surface area contributed by atoms with Crippen LogP contribution in [0.2, 0.25) is 0 Å². The summed E-state index contributed by atoms with van der Waals surface area (Å²) < 4.78 is 0. The highest BCUT2D eigenvalue weighted by Gasteiger charge is 2.25. The highest BCUT2D eigenvalue weighted by atomic mass is 32.1. The van der Waals surface area contributed by atoms with Crippen LogP contribution in [-0.2, 0) is 6.42 Å². The van der Waals surface area contributed by atoms with Crippen molar-refractivity contribution in [3.05, 3.63) is 21.9 Å². The second-order valence-corrected chi connectivity index (χ2v) is 4.77. The first kappa shape index (κ1) is 9.71. The Kier molecular flexibility index (Phi) is 2.87. The molecular weight excluding hydrogens is 194 g/mol. The van der Waals surface area contributed by atoms with Crippen molar-refractivity contribution in [1.29, 1.82) is 0 Å². The van der Waals surface area contributed by atoms with Crippen LogP contribution in [0.15, 0.2) is 16.6 Å². The van der Waals surface area contributed by atoms with Crippen LogP contribution in [0.5, 0.6) is 0 Å². The molecule has 0 amide bonds. The number of thiophene rings is 1. The molecule has 0 fully saturated rings. The molecule has 1 N–H and O–H groups in total. The Bertz CT molecular complexity index is 343. The molecule has 14 heavy (non-hydrogen) atoms. The molecule has 0 aliphatic heterocycles. The van der Waals surface area contributed by atoms with Crippen molar-refractivity contribution >= 4 is 17.0 Å². The predicted molar refractivity (Wildman–Crippen MR) is 59.4 cm³/mol. The fraction of sp³-hybridized carbons (Fsp3) is 0.545. The van der Waals surface area contributed by atoms with Gasteiger partial charge < -0.3 is 5.21 Å². The van der Waals surface area contributed by atoms with Gasteiger partial charge in [0.15, 0.2) is 0 Å². The van der Waals surface area contributed by atoms with Gasteiger partial charge in [0.05, 0.1) is 5.71 Å². The van der Waals surface area contributed by atoms with Crippen LogP contribution >= 0.6 is 11.3 Å². The van der Waals surface area contributed by atoms with Gasteiger partial charge in [-0.1, -0.05) is 18.5 Å². The van der Waals surface area contributed by atoms with E-state index in [0.717, 1.165) is 31.4 Å². The normalized spacial score (nSPS) is 23.8. The zero-order valence-corrected chi connectivity index (χ0v) is 9.18. The lowest BCUT2D eigenvalue weighted by Crippen LogP contribution is -2.21. The number of aryl methyl sites for hydroxylation is 1. The number of rotatable bonds is 2. The molecule has 3 heteroatoms. The second-order valence-electron chi connectivity index (χ2n) is 3.77. The first-order valence-electron chi connectivity index (χ1n) is 5.15. The van der Waals surface area contributed by atoms with Crippen LogP contribution in [0.3, 0.4) is 0 Å². The summed E-state index contributed by atoms with van der Waals surface area (Å²) in [6, 6.07) is 2.08. The van der Waals surface area contributed by atoms with Gasteiger partial charge in [0.2, 0.25) is 0 Å². The summed E-state index contributed by atoms with van der Waals surface area (Å²) in [6.07, 6.45) is 4.58. The Morgan fingerprint density at radius 3 is 3.21 bits per heavy atom. The summed E-state index contributed by atoms with van der Waals surface area (Å²) in [6.45, 7) is 2.18. The van der Waals surface area contributed by atoms with Gasteiger partial charge in [0.1, 0.15) is 0 Å². The third kappa shape index (κ3) is 1.57. The molecule has 1 atom stereocenters. The van der Waals surface area contributed by atoms with E-state index in [1.165, 1.54) is 10.4 Å². The average Bonchev–Trinajstić information content (AvgIpc) is 2.66. The predicted octanol–water partition coefficient (Wildman–Crippen LogP) is 3.29. The van der Waals surface area contributed by atoms with E-state index in [-0.39, 0.29) is 0 Å². The van der Waals surface area contributed by atoms with E-state index in [1.807, 2.05) is 0 Å². The van der Waals surface area contributed by atoms with E-state index in [2.05, 4.69) is 23.5 Å². The van der Waals surface area contributed by atoms with E-state index < -0.39 is 0 Å². The minimum Gasteiger partial charge on any atom is -0.411 e. The molecule has 0 bridgehead atoms. The molecule has 1 unspecified atom stereocenters. The molecule has 0 aromatic carbocycles. The monoisotopic (exact) mass is 209 g/mol. The quantitative estimate of drug-likeness (QED) is 0.588. The highest BCUT2D eigenvalue weighted by molar-refractivity contribution is 7.10. The van der Waals surface area contributed by atoms with Crippen LogP contribution in [0.1, 0.15) is 36.6 Å². The van der Waals surface area contributed by atoms with Crippen LogP contribution < -0.4 is 0 Å². The van der Waals surface area contributed by atoms with E-state index in [9.17, 15) is 0 Å². The SMILES string of the molecule is CCCC1CCc2sccc2/C1=N\O. The van der Waals surface area contributed by atoms with Crippen LogP contribution in [-0.4, -0.2) is 10.9 Å². The number of hydrogen-bond acceptors (Lipinski definition) is 3. The van der Waals surface area contributed by atoms with Gasteiger partial charge in [-0.05, 0) is 30.7 Å². The van der Waals surface area contributed by atoms with Crippen molar-refractivity contribution in [2.75, 3.05) is 0 Å². The molecule has 1 aliphatic rings. The number of oxime groups is 1. The van der Waals surface area contributed by atoms with Gasteiger partial charge in [-0.3, -0.25) is 0 Å². The Morgan fingerprint density at radius 1 is 1.64 bits per heavy atom. The van der Waals surface area contributed by atoms with Crippen molar-refractivity contribution in [2.45, 2.75) is 32.6 Å². The summed E-state index contributed by atoms with van der Waals surface area (Å²) in [4.78, 5) is 1.38. The summed E-state index contributed by atoms with van der Waals surface area (Å²) >= 11 is 1.77. The Hall–Kier alpha value is -0.830. The molecule has 0 spiro atoms. The zero-order chi connectivity index (χ0) is 9.97. The molecule has 1 aromatic heterocycles. The van der Waals surface area contributed by atoms with Crippen LogP contribution in [0, 0.1) is 5.92 Å². The molecule has 1 aliphatic carbocycles. The van der Waals surface area contributed by atoms with Crippen LogP contribution in [0.25, 0.3) is 0 Å². The molecule has 2 nitrogen and oxygen atoms in total. The smallest absolute Gasteiger partial charge is 0.0909 e. The lowest BCUT2D eigenvalue weighted by molar-refractivity contribution is 0.313. The Balaban J connectivity index is 2.30. The topological polar surface area (TPSA) is 32.6 Å². The zero-order valence-electron chi connectivity index (χ0n) is 8.36. The fourth-order valence-electron chi connectivity index (χ4n) is 2.19. The molecule has 1 heterocycles. The maximum absolute atomic E-state index is 9.05. The van der Waals surface area contributed by atoms with E-state index in [1.54, 1.807) is 11.3 Å². The molecule has 0 saturated carbocycles. The van der Waals surface area contributed by atoms with E-state index in [4.69, 9.17) is 5.21 Å². The number of hydrogen-bond donors (Lipinski definition) is 1. The Labute approximate surface area is 88.3 Å². The average molecular weight is 209 g/mol. The summed E-state index contributed by atoms with van der Waals surface area (Å²) in [5.41, 5.74) is 2.09.